The van der Waals surface area contributed by atoms with Crippen molar-refractivity contribution in [2.24, 2.45) is 0 Å². The highest BCUT2D eigenvalue weighted by molar-refractivity contribution is 7.14. The minimum atomic E-state index is -0.471. The molecule has 0 aliphatic carbocycles. The van der Waals surface area contributed by atoms with E-state index in [0.29, 0.717) is 27.7 Å². The van der Waals surface area contributed by atoms with Gasteiger partial charge in [-0.05, 0) is 23.6 Å². The maximum Gasteiger partial charge on any atom is 0.345 e. The number of hydrogen-bond acceptors (Lipinski definition) is 6. The molecule has 5 rings (SSSR count). The SMILES string of the molecule is O=C(COc1cccc2ccccc12)Nc1nc(-c2cc3ccccc3oc2=O)cs1. The maximum absolute atomic E-state index is 12.4. The van der Waals surface area contributed by atoms with Crippen LogP contribution in [0.3, 0.4) is 0 Å². The second-order valence-electron chi connectivity index (χ2n) is 6.84. The molecule has 2 heterocycles. The van der Waals surface area contributed by atoms with E-state index in [-0.39, 0.29) is 12.5 Å². The number of carbonyl (C=O) groups excluding carboxylic acids is 1. The van der Waals surface area contributed by atoms with E-state index in [2.05, 4.69) is 10.3 Å². The first-order valence-corrected chi connectivity index (χ1v) is 10.4. The third kappa shape index (κ3) is 3.91. The molecule has 6 nitrogen and oxygen atoms in total. The summed E-state index contributed by atoms with van der Waals surface area (Å²) in [5, 5.41) is 7.60. The molecule has 0 spiro atoms. The van der Waals surface area contributed by atoms with Crippen molar-refractivity contribution in [2.45, 2.75) is 0 Å². The molecule has 31 heavy (non-hydrogen) atoms. The Morgan fingerprint density at radius 1 is 1.00 bits per heavy atom. The summed E-state index contributed by atoms with van der Waals surface area (Å²) in [4.78, 5) is 29.0. The number of carbonyl (C=O) groups is 1. The highest BCUT2D eigenvalue weighted by Gasteiger charge is 2.13. The fourth-order valence-electron chi connectivity index (χ4n) is 3.32. The number of rotatable bonds is 5. The van der Waals surface area contributed by atoms with Crippen molar-refractivity contribution in [3.63, 3.8) is 0 Å². The molecule has 152 valence electrons. The van der Waals surface area contributed by atoms with Crippen molar-refractivity contribution in [3.8, 4) is 17.0 Å². The van der Waals surface area contributed by atoms with Crippen LogP contribution in [0.5, 0.6) is 5.75 Å². The lowest BCUT2D eigenvalue weighted by Gasteiger charge is -2.08. The Bertz CT molecular complexity index is 1470. The molecule has 0 aliphatic rings. The van der Waals surface area contributed by atoms with Gasteiger partial charge >= 0.3 is 5.63 Å². The normalized spacial score (nSPS) is 11.0. The van der Waals surface area contributed by atoms with Crippen molar-refractivity contribution in [2.75, 3.05) is 11.9 Å². The lowest BCUT2D eigenvalue weighted by molar-refractivity contribution is -0.118. The molecule has 0 saturated heterocycles. The van der Waals surface area contributed by atoms with Crippen LogP contribution in [0.4, 0.5) is 5.13 Å². The lowest BCUT2D eigenvalue weighted by Crippen LogP contribution is -2.20. The molecule has 0 aliphatic heterocycles. The van der Waals surface area contributed by atoms with Crippen LogP contribution in [0.25, 0.3) is 33.0 Å². The summed E-state index contributed by atoms with van der Waals surface area (Å²) >= 11 is 1.23. The molecule has 0 unspecified atom stereocenters. The van der Waals surface area contributed by atoms with Crippen LogP contribution in [0.15, 0.2) is 87.4 Å². The predicted octanol–water partition coefficient (Wildman–Crippen LogP) is 5.09. The number of anilines is 1. The van der Waals surface area contributed by atoms with Gasteiger partial charge in [-0.2, -0.15) is 0 Å². The third-order valence-corrected chi connectivity index (χ3v) is 5.53. The fourth-order valence-corrected chi connectivity index (χ4v) is 4.04. The number of hydrogen-bond donors (Lipinski definition) is 1. The van der Waals surface area contributed by atoms with E-state index in [9.17, 15) is 9.59 Å². The van der Waals surface area contributed by atoms with Crippen molar-refractivity contribution in [1.29, 1.82) is 0 Å². The molecular formula is C24H16N2O4S. The number of ether oxygens (including phenoxy) is 1. The zero-order chi connectivity index (χ0) is 21.2. The average Bonchev–Trinajstić information content (AvgIpc) is 3.25. The molecule has 3 aromatic carbocycles. The quantitative estimate of drug-likeness (QED) is 0.395. The van der Waals surface area contributed by atoms with Crippen LogP contribution >= 0.6 is 11.3 Å². The molecule has 2 aromatic heterocycles. The minimum absolute atomic E-state index is 0.152. The summed E-state index contributed by atoms with van der Waals surface area (Å²) < 4.78 is 11.1. The Kier molecular flexibility index (Phi) is 4.93. The first-order chi connectivity index (χ1) is 15.2. The van der Waals surface area contributed by atoms with Gasteiger partial charge in [0.15, 0.2) is 11.7 Å². The maximum atomic E-state index is 12.4. The smallest absolute Gasteiger partial charge is 0.345 e. The predicted molar refractivity (Wildman–Crippen MR) is 122 cm³/mol. The molecule has 0 saturated carbocycles. The summed E-state index contributed by atoms with van der Waals surface area (Å²) in [5.74, 6) is 0.307. The Hall–Kier alpha value is -3.97. The van der Waals surface area contributed by atoms with Gasteiger partial charge in [0.1, 0.15) is 11.3 Å². The Balaban J connectivity index is 1.30. The number of aromatic nitrogens is 1. The largest absolute Gasteiger partial charge is 0.483 e. The summed E-state index contributed by atoms with van der Waals surface area (Å²) in [7, 11) is 0. The van der Waals surface area contributed by atoms with Gasteiger partial charge in [0, 0.05) is 16.2 Å². The minimum Gasteiger partial charge on any atom is -0.483 e. The van der Waals surface area contributed by atoms with Crippen molar-refractivity contribution >= 4 is 44.1 Å². The van der Waals surface area contributed by atoms with E-state index in [0.717, 1.165) is 16.2 Å². The summed E-state index contributed by atoms with van der Waals surface area (Å²) in [6.07, 6.45) is 0. The van der Waals surface area contributed by atoms with E-state index in [1.165, 1.54) is 11.3 Å². The standard InChI is InChI=1S/C24H16N2O4S/c27-22(13-29-21-11-5-8-15-6-1-3-9-17(15)21)26-24-25-19(14-31-24)18-12-16-7-2-4-10-20(16)30-23(18)28/h1-12,14H,13H2,(H,25,26,27). The Labute approximate surface area is 180 Å². The van der Waals surface area contributed by atoms with Gasteiger partial charge in [-0.25, -0.2) is 9.78 Å². The van der Waals surface area contributed by atoms with Crippen LogP contribution in [-0.4, -0.2) is 17.5 Å². The van der Waals surface area contributed by atoms with Crippen molar-refractivity contribution < 1.29 is 13.9 Å². The molecule has 0 radical (unpaired) electrons. The highest BCUT2D eigenvalue weighted by atomic mass is 32.1. The first kappa shape index (κ1) is 19.0. The van der Waals surface area contributed by atoms with Gasteiger partial charge < -0.3 is 9.15 Å². The summed E-state index contributed by atoms with van der Waals surface area (Å²) in [5.41, 5.74) is 0.851. The van der Waals surface area contributed by atoms with Crippen LogP contribution in [0.2, 0.25) is 0 Å². The number of nitrogens with one attached hydrogen (secondary N) is 1. The average molecular weight is 428 g/mol. The molecule has 1 amide bonds. The van der Waals surface area contributed by atoms with Crippen LogP contribution in [0, 0.1) is 0 Å². The lowest BCUT2D eigenvalue weighted by atomic mass is 10.1. The van der Waals surface area contributed by atoms with Gasteiger partial charge in [-0.3, -0.25) is 10.1 Å². The van der Waals surface area contributed by atoms with E-state index in [4.69, 9.17) is 9.15 Å². The van der Waals surface area contributed by atoms with Crippen LogP contribution in [-0.2, 0) is 4.79 Å². The topological polar surface area (TPSA) is 81.4 Å². The van der Waals surface area contributed by atoms with Gasteiger partial charge in [-0.1, -0.05) is 54.6 Å². The summed E-state index contributed by atoms with van der Waals surface area (Å²) in [6.45, 7) is -0.152. The van der Waals surface area contributed by atoms with Crippen molar-refractivity contribution in [3.05, 3.63) is 88.6 Å². The molecule has 5 aromatic rings. The number of benzene rings is 3. The number of fused-ring (bicyclic) bond motifs is 2. The molecular weight excluding hydrogens is 412 g/mol. The molecule has 0 fully saturated rings. The zero-order valence-corrected chi connectivity index (χ0v) is 17.0. The second-order valence-corrected chi connectivity index (χ2v) is 7.70. The van der Waals surface area contributed by atoms with Crippen LogP contribution < -0.4 is 15.7 Å². The molecule has 7 heteroatoms. The third-order valence-electron chi connectivity index (χ3n) is 4.78. The number of thiazole rings is 1. The number of amides is 1. The molecule has 1 N–H and O–H groups in total. The van der Waals surface area contributed by atoms with E-state index >= 15 is 0 Å². The van der Waals surface area contributed by atoms with Crippen LogP contribution in [0.1, 0.15) is 0 Å². The highest BCUT2D eigenvalue weighted by Crippen LogP contribution is 2.26. The number of para-hydroxylation sites is 1. The summed E-state index contributed by atoms with van der Waals surface area (Å²) in [6, 6.07) is 22.5. The first-order valence-electron chi connectivity index (χ1n) is 9.56. The van der Waals surface area contributed by atoms with E-state index in [1.807, 2.05) is 60.7 Å². The molecule has 0 atom stereocenters. The van der Waals surface area contributed by atoms with Gasteiger partial charge in [-0.15, -0.1) is 11.3 Å². The monoisotopic (exact) mass is 428 g/mol. The van der Waals surface area contributed by atoms with E-state index < -0.39 is 5.63 Å². The fraction of sp³-hybridized carbons (Fsp3) is 0.0417. The number of nitrogens with zero attached hydrogens (tertiary/aromatic N) is 1. The van der Waals surface area contributed by atoms with Crippen molar-refractivity contribution in [1.82, 2.24) is 4.98 Å². The van der Waals surface area contributed by atoms with Gasteiger partial charge in [0.25, 0.3) is 5.91 Å². The Morgan fingerprint density at radius 2 is 1.77 bits per heavy atom. The second kappa shape index (κ2) is 8.04. The zero-order valence-electron chi connectivity index (χ0n) is 16.2. The van der Waals surface area contributed by atoms with Gasteiger partial charge in [0.05, 0.1) is 11.3 Å². The van der Waals surface area contributed by atoms with Gasteiger partial charge in [0.2, 0.25) is 0 Å². The van der Waals surface area contributed by atoms with E-state index in [1.54, 1.807) is 17.5 Å². The Morgan fingerprint density at radius 3 is 2.68 bits per heavy atom. The molecule has 0 bridgehead atoms.